The van der Waals surface area contributed by atoms with Gasteiger partial charge in [-0.2, -0.15) is 18.3 Å². The molecule has 1 aromatic carbocycles. The minimum absolute atomic E-state index is 0.0603. The van der Waals surface area contributed by atoms with Crippen molar-refractivity contribution in [1.29, 1.82) is 0 Å². The van der Waals surface area contributed by atoms with Crippen LogP contribution in [0.2, 0.25) is 0 Å². The summed E-state index contributed by atoms with van der Waals surface area (Å²) in [5.74, 6) is -1.19. The van der Waals surface area contributed by atoms with E-state index in [-0.39, 0.29) is 33.8 Å². The highest BCUT2D eigenvalue weighted by molar-refractivity contribution is 14.1. The summed E-state index contributed by atoms with van der Waals surface area (Å²) in [6.45, 7) is 1.92. The van der Waals surface area contributed by atoms with Gasteiger partial charge >= 0.3 is 6.18 Å². The van der Waals surface area contributed by atoms with E-state index in [4.69, 9.17) is 0 Å². The Morgan fingerprint density at radius 2 is 2.00 bits per heavy atom. The quantitative estimate of drug-likeness (QED) is 0.299. The number of alkyl halides is 4. The number of rotatable bonds is 3. The standard InChI is InChI=1S/C17H13F4IN6/c1-8-13(22)28-7-12(14-25-16(27-26-14)17(19,20)21)24-11(15(28)23-8)6-9-4-2-3-5-10(9)18/h2-5,7-8,13H,6H2,1H3,(H,25,26,27). The average Bonchev–Trinajstić information content (AvgIpc) is 3.24. The lowest BCUT2D eigenvalue weighted by molar-refractivity contribution is -0.144. The van der Waals surface area contributed by atoms with Crippen LogP contribution in [0.1, 0.15) is 24.1 Å². The second kappa shape index (κ2) is 6.94. The summed E-state index contributed by atoms with van der Waals surface area (Å²) in [5.41, 5.74) is 1.03. The lowest BCUT2D eigenvalue weighted by Gasteiger charge is -2.26. The highest BCUT2D eigenvalue weighted by Gasteiger charge is 2.38. The molecule has 6 nitrogen and oxygen atoms in total. The molecule has 0 spiro atoms. The molecule has 2 unspecified atom stereocenters. The van der Waals surface area contributed by atoms with Crippen molar-refractivity contribution in [3.63, 3.8) is 0 Å². The van der Waals surface area contributed by atoms with Gasteiger partial charge in [-0.25, -0.2) is 14.4 Å². The fraction of sp³-hybridized carbons (Fsp3) is 0.294. The van der Waals surface area contributed by atoms with E-state index in [1.54, 1.807) is 24.4 Å². The lowest BCUT2D eigenvalue weighted by atomic mass is 10.1. The van der Waals surface area contributed by atoms with Gasteiger partial charge in [0.1, 0.15) is 15.6 Å². The average molecular weight is 504 g/mol. The monoisotopic (exact) mass is 504 g/mol. The zero-order valence-electron chi connectivity index (χ0n) is 14.4. The minimum atomic E-state index is -4.64. The molecule has 2 aromatic rings. The van der Waals surface area contributed by atoms with Gasteiger partial charge in [-0.1, -0.05) is 40.8 Å². The summed E-state index contributed by atoms with van der Waals surface area (Å²) in [6, 6.07) is 6.21. The predicted octanol–water partition coefficient (Wildman–Crippen LogP) is 3.82. The Morgan fingerprint density at radius 3 is 2.68 bits per heavy atom. The maximum atomic E-state index is 14.1. The van der Waals surface area contributed by atoms with Crippen LogP contribution in [0.25, 0.3) is 5.70 Å². The van der Waals surface area contributed by atoms with E-state index in [2.05, 4.69) is 42.7 Å². The Bertz CT molecular complexity index is 1010. The Kier molecular flexibility index (Phi) is 4.71. The number of hydrogen-bond acceptors (Lipinski definition) is 5. The maximum absolute atomic E-state index is 14.1. The van der Waals surface area contributed by atoms with E-state index in [9.17, 15) is 17.6 Å². The van der Waals surface area contributed by atoms with Gasteiger partial charge in [-0.3, -0.25) is 10.1 Å². The minimum Gasteiger partial charge on any atom is -0.315 e. The van der Waals surface area contributed by atoms with Crippen LogP contribution >= 0.6 is 22.6 Å². The number of hydrogen-bond donors (Lipinski definition) is 1. The molecule has 0 saturated heterocycles. The predicted molar refractivity (Wildman–Crippen MR) is 103 cm³/mol. The number of benzene rings is 1. The van der Waals surface area contributed by atoms with Crippen LogP contribution in [0.5, 0.6) is 0 Å². The van der Waals surface area contributed by atoms with E-state index in [0.717, 1.165) is 0 Å². The van der Waals surface area contributed by atoms with Crippen LogP contribution in [-0.4, -0.2) is 41.7 Å². The molecule has 2 aliphatic rings. The number of nitrogens with zero attached hydrogens (tertiary/aromatic N) is 5. The number of aromatic amines is 1. The number of halogens is 5. The fourth-order valence-corrected chi connectivity index (χ4v) is 3.52. The topological polar surface area (TPSA) is 69.5 Å². The molecule has 0 amide bonds. The van der Waals surface area contributed by atoms with Crippen molar-refractivity contribution in [2.75, 3.05) is 0 Å². The van der Waals surface area contributed by atoms with Crippen molar-refractivity contribution in [3.05, 3.63) is 53.5 Å². The summed E-state index contributed by atoms with van der Waals surface area (Å²) in [5, 5.41) is 5.54. The van der Waals surface area contributed by atoms with Crippen molar-refractivity contribution < 1.29 is 17.6 Å². The Balaban J connectivity index is 1.75. The number of aliphatic imine (C=N–C) groups is 2. The van der Waals surface area contributed by atoms with Crippen molar-refractivity contribution >= 4 is 39.8 Å². The molecule has 1 N–H and O–H groups in total. The molecule has 4 rings (SSSR count). The normalized spacial score (nSPS) is 21.9. The molecular weight excluding hydrogens is 491 g/mol. The summed E-state index contributed by atoms with van der Waals surface area (Å²) < 4.78 is 52.6. The van der Waals surface area contributed by atoms with Gasteiger partial charge in [-0.05, 0) is 18.6 Å². The SMILES string of the molecule is CC1N=C2C(Cc3ccccc3F)=NC(c3n[nH]c(C(F)(F)F)n3)=CN2C1I. The van der Waals surface area contributed by atoms with E-state index in [0.29, 0.717) is 17.1 Å². The van der Waals surface area contributed by atoms with Crippen LogP contribution < -0.4 is 0 Å². The zero-order chi connectivity index (χ0) is 20.1. The van der Waals surface area contributed by atoms with Crippen LogP contribution in [0.15, 0.2) is 40.5 Å². The smallest absolute Gasteiger partial charge is 0.315 e. The summed E-state index contributed by atoms with van der Waals surface area (Å²) in [6.07, 6.45) is -2.92. The summed E-state index contributed by atoms with van der Waals surface area (Å²) in [4.78, 5) is 14.3. The molecule has 3 heterocycles. The van der Waals surface area contributed by atoms with Gasteiger partial charge in [0.15, 0.2) is 5.84 Å². The largest absolute Gasteiger partial charge is 0.451 e. The van der Waals surface area contributed by atoms with E-state index in [1.807, 2.05) is 16.9 Å². The first kappa shape index (κ1) is 19.0. The van der Waals surface area contributed by atoms with Gasteiger partial charge in [0, 0.05) is 12.6 Å². The molecule has 0 aliphatic carbocycles. The first-order valence-electron chi connectivity index (χ1n) is 8.27. The number of nitrogens with one attached hydrogen (secondary N) is 1. The lowest BCUT2D eigenvalue weighted by Crippen LogP contribution is -2.37. The van der Waals surface area contributed by atoms with Crippen LogP contribution in [-0.2, 0) is 12.6 Å². The van der Waals surface area contributed by atoms with E-state index >= 15 is 0 Å². The molecule has 0 fully saturated rings. The van der Waals surface area contributed by atoms with Crippen LogP contribution in [0, 0.1) is 5.82 Å². The van der Waals surface area contributed by atoms with Crippen molar-refractivity contribution in [2.45, 2.75) is 29.6 Å². The molecule has 2 atom stereocenters. The highest BCUT2D eigenvalue weighted by atomic mass is 127. The Morgan fingerprint density at radius 1 is 1.25 bits per heavy atom. The molecule has 11 heteroatoms. The molecule has 2 aliphatic heterocycles. The molecule has 0 bridgehead atoms. The van der Waals surface area contributed by atoms with Gasteiger partial charge in [0.25, 0.3) is 0 Å². The van der Waals surface area contributed by atoms with Gasteiger partial charge in [-0.15, -0.1) is 0 Å². The number of aromatic nitrogens is 3. The molecule has 0 saturated carbocycles. The first-order chi connectivity index (χ1) is 13.2. The van der Waals surface area contributed by atoms with Gasteiger partial charge in [0.05, 0.1) is 11.8 Å². The molecule has 28 heavy (non-hydrogen) atoms. The molecule has 146 valence electrons. The molecule has 0 radical (unpaired) electrons. The van der Waals surface area contributed by atoms with E-state index < -0.39 is 12.0 Å². The summed E-state index contributed by atoms with van der Waals surface area (Å²) >= 11 is 2.20. The number of H-pyrrole nitrogens is 1. The van der Waals surface area contributed by atoms with Crippen molar-refractivity contribution in [3.8, 4) is 0 Å². The third kappa shape index (κ3) is 3.42. The van der Waals surface area contributed by atoms with Gasteiger partial charge < -0.3 is 4.90 Å². The summed E-state index contributed by atoms with van der Waals surface area (Å²) in [7, 11) is 0. The number of fused-ring (bicyclic) bond motifs is 1. The van der Waals surface area contributed by atoms with E-state index in [1.165, 1.54) is 6.07 Å². The Hall–Kier alpha value is -2.31. The van der Waals surface area contributed by atoms with Crippen LogP contribution in [0.4, 0.5) is 17.6 Å². The fourth-order valence-electron chi connectivity index (χ4n) is 2.93. The second-order valence-corrected chi connectivity index (χ2v) is 7.60. The maximum Gasteiger partial charge on any atom is 0.451 e. The third-order valence-corrected chi connectivity index (χ3v) is 5.95. The van der Waals surface area contributed by atoms with Crippen LogP contribution in [0.3, 0.4) is 0 Å². The Labute approximate surface area is 170 Å². The van der Waals surface area contributed by atoms with Crippen molar-refractivity contribution in [1.82, 2.24) is 20.1 Å². The second-order valence-electron chi connectivity index (χ2n) is 6.32. The molecule has 1 aromatic heterocycles. The van der Waals surface area contributed by atoms with Crippen molar-refractivity contribution in [2.24, 2.45) is 9.98 Å². The molecular formula is C17H13F4IN6. The van der Waals surface area contributed by atoms with Gasteiger partial charge in [0.2, 0.25) is 11.6 Å². The third-order valence-electron chi connectivity index (χ3n) is 4.31. The number of amidine groups is 1. The zero-order valence-corrected chi connectivity index (χ0v) is 16.5. The first-order valence-corrected chi connectivity index (χ1v) is 9.52. The highest BCUT2D eigenvalue weighted by Crippen LogP contribution is 2.32.